The van der Waals surface area contributed by atoms with E-state index in [0.717, 1.165) is 17.5 Å². The third-order valence-electron chi connectivity index (χ3n) is 6.80. The predicted molar refractivity (Wildman–Crippen MR) is 135 cm³/mol. The van der Waals surface area contributed by atoms with Crippen molar-refractivity contribution in [3.63, 3.8) is 0 Å². The van der Waals surface area contributed by atoms with Crippen LogP contribution in [0.5, 0.6) is 23.0 Å². The lowest BCUT2D eigenvalue weighted by Gasteiger charge is -2.49. The molecule has 1 amide bonds. The highest BCUT2D eigenvalue weighted by Gasteiger charge is 2.52. The van der Waals surface area contributed by atoms with Crippen molar-refractivity contribution in [2.75, 3.05) is 21.3 Å². The van der Waals surface area contributed by atoms with E-state index in [2.05, 4.69) is 10.3 Å². The molecule has 1 unspecified atom stereocenters. The minimum Gasteiger partial charge on any atom is -0.503 e. The molecular formula is C28H30N2O7. The van der Waals surface area contributed by atoms with E-state index in [9.17, 15) is 14.7 Å². The van der Waals surface area contributed by atoms with Crippen molar-refractivity contribution in [3.8, 4) is 23.0 Å². The average Bonchev–Trinajstić information content (AvgIpc) is 2.91. The smallest absolute Gasteiger partial charge is 0.328 e. The number of hydrogen-bond acceptors (Lipinski definition) is 8. The highest BCUT2D eigenvalue weighted by molar-refractivity contribution is 5.97. The van der Waals surface area contributed by atoms with Crippen molar-refractivity contribution < 1.29 is 33.6 Å². The summed E-state index contributed by atoms with van der Waals surface area (Å²) in [5, 5.41) is 12.8. The van der Waals surface area contributed by atoms with E-state index in [0.29, 0.717) is 17.9 Å². The fourth-order valence-electron chi connectivity index (χ4n) is 4.67. The van der Waals surface area contributed by atoms with E-state index in [-0.39, 0.29) is 11.4 Å². The van der Waals surface area contributed by atoms with Crippen LogP contribution < -0.4 is 19.5 Å². The van der Waals surface area contributed by atoms with E-state index < -0.39 is 35.2 Å². The number of rotatable bonds is 9. The molecule has 3 aromatic rings. The number of aromatic nitrogens is 1. The highest BCUT2D eigenvalue weighted by atomic mass is 16.5. The summed E-state index contributed by atoms with van der Waals surface area (Å²) in [4.78, 5) is 29.7. The highest BCUT2D eigenvalue weighted by Crippen LogP contribution is 2.52. The largest absolute Gasteiger partial charge is 0.503 e. The summed E-state index contributed by atoms with van der Waals surface area (Å²) >= 11 is 0. The van der Waals surface area contributed by atoms with Crippen molar-refractivity contribution >= 4 is 11.9 Å². The zero-order valence-corrected chi connectivity index (χ0v) is 21.2. The van der Waals surface area contributed by atoms with Crippen molar-refractivity contribution in [1.82, 2.24) is 10.3 Å². The van der Waals surface area contributed by atoms with Crippen LogP contribution in [0.25, 0.3) is 0 Å². The Morgan fingerprint density at radius 3 is 2.14 bits per heavy atom. The molecule has 0 bridgehead atoms. The SMILES string of the molecule is COc1cccc(C2(c3cccc(OC)c3)CCC2OC(=O)[C@H](C)NC(=O)c2nccc(OC)c2O)c1. The van der Waals surface area contributed by atoms with Gasteiger partial charge in [-0.1, -0.05) is 24.3 Å². The summed E-state index contributed by atoms with van der Waals surface area (Å²) in [6.07, 6.45) is 2.23. The lowest BCUT2D eigenvalue weighted by molar-refractivity contribution is -0.160. The number of benzene rings is 2. The number of carbonyl (C=O) groups is 2. The number of nitrogens with one attached hydrogen (secondary N) is 1. The molecule has 9 nitrogen and oxygen atoms in total. The molecule has 2 aromatic carbocycles. The van der Waals surface area contributed by atoms with Gasteiger partial charge < -0.3 is 29.4 Å². The lowest BCUT2D eigenvalue weighted by atomic mass is 9.58. The van der Waals surface area contributed by atoms with Crippen LogP contribution in [0.3, 0.4) is 0 Å². The summed E-state index contributed by atoms with van der Waals surface area (Å²) in [6, 6.07) is 15.8. The maximum atomic E-state index is 13.1. The molecule has 194 valence electrons. The molecule has 0 spiro atoms. The van der Waals surface area contributed by atoms with Gasteiger partial charge in [0.05, 0.1) is 26.7 Å². The molecule has 1 aliphatic rings. The van der Waals surface area contributed by atoms with E-state index in [4.69, 9.17) is 18.9 Å². The first-order chi connectivity index (χ1) is 17.8. The van der Waals surface area contributed by atoms with Gasteiger partial charge in [0, 0.05) is 12.3 Å². The van der Waals surface area contributed by atoms with E-state index in [1.165, 1.54) is 26.3 Å². The number of esters is 1. The predicted octanol–water partition coefficient (Wildman–Crippen LogP) is 3.62. The molecule has 0 aliphatic heterocycles. The zero-order valence-electron chi connectivity index (χ0n) is 21.2. The Kier molecular flexibility index (Phi) is 7.52. The second kappa shape index (κ2) is 10.8. The summed E-state index contributed by atoms with van der Waals surface area (Å²) in [7, 11) is 4.58. The maximum absolute atomic E-state index is 13.1. The first-order valence-corrected chi connectivity index (χ1v) is 11.9. The Hall–Kier alpha value is -4.27. The molecule has 1 aliphatic carbocycles. The quantitative estimate of drug-likeness (QED) is 0.423. The van der Waals surface area contributed by atoms with Gasteiger partial charge in [-0.15, -0.1) is 0 Å². The minimum atomic E-state index is -0.992. The standard InChI is InChI=1S/C28H30N2O7/c1-17(30-26(32)24-25(31)22(36-4)12-14-29-24)27(33)37-23-11-13-28(23,18-7-5-9-20(15-18)34-2)19-8-6-10-21(16-19)35-3/h5-10,12,14-17,23,31H,11,13H2,1-4H3,(H,30,32)/t17-,23?/m0/s1. The number of pyridine rings is 1. The van der Waals surface area contributed by atoms with Gasteiger partial charge in [-0.3, -0.25) is 4.79 Å². The number of nitrogens with zero attached hydrogens (tertiary/aromatic N) is 1. The Morgan fingerprint density at radius 2 is 1.62 bits per heavy atom. The molecule has 0 saturated heterocycles. The number of aromatic hydroxyl groups is 1. The fourth-order valence-corrected chi connectivity index (χ4v) is 4.67. The van der Waals surface area contributed by atoms with Gasteiger partial charge in [0.25, 0.3) is 5.91 Å². The van der Waals surface area contributed by atoms with Gasteiger partial charge in [-0.25, -0.2) is 9.78 Å². The van der Waals surface area contributed by atoms with Gasteiger partial charge in [0.15, 0.2) is 17.2 Å². The van der Waals surface area contributed by atoms with Gasteiger partial charge in [-0.05, 0) is 55.2 Å². The van der Waals surface area contributed by atoms with Crippen LogP contribution >= 0.6 is 0 Å². The first kappa shape index (κ1) is 25.8. The Bertz CT molecular complexity index is 1250. The molecule has 1 fully saturated rings. The summed E-state index contributed by atoms with van der Waals surface area (Å²) in [5.41, 5.74) is 1.04. The number of ether oxygens (including phenoxy) is 4. The third kappa shape index (κ3) is 4.89. The molecule has 1 aromatic heterocycles. The molecular weight excluding hydrogens is 476 g/mol. The first-order valence-electron chi connectivity index (χ1n) is 11.9. The third-order valence-corrected chi connectivity index (χ3v) is 6.80. The molecule has 0 radical (unpaired) electrons. The second-order valence-corrected chi connectivity index (χ2v) is 8.81. The van der Waals surface area contributed by atoms with Crippen LogP contribution in [0.4, 0.5) is 0 Å². The van der Waals surface area contributed by atoms with Crippen LogP contribution in [0.2, 0.25) is 0 Å². The zero-order chi connectivity index (χ0) is 26.6. The van der Waals surface area contributed by atoms with Gasteiger partial charge >= 0.3 is 5.97 Å². The van der Waals surface area contributed by atoms with E-state index in [1.54, 1.807) is 14.2 Å². The lowest BCUT2D eigenvalue weighted by Crippen LogP contribution is -2.53. The van der Waals surface area contributed by atoms with Crippen LogP contribution in [0.1, 0.15) is 41.4 Å². The minimum absolute atomic E-state index is 0.103. The number of carbonyl (C=O) groups excluding carboxylic acids is 2. The van der Waals surface area contributed by atoms with Crippen LogP contribution in [-0.2, 0) is 14.9 Å². The Morgan fingerprint density at radius 1 is 1.00 bits per heavy atom. The normalized spacial score (nSPS) is 16.6. The van der Waals surface area contributed by atoms with Crippen molar-refractivity contribution in [2.45, 2.75) is 37.3 Å². The number of amides is 1. The maximum Gasteiger partial charge on any atom is 0.328 e. The van der Waals surface area contributed by atoms with Gasteiger partial charge in [-0.2, -0.15) is 0 Å². The second-order valence-electron chi connectivity index (χ2n) is 8.81. The summed E-state index contributed by atoms with van der Waals surface area (Å²) in [5.74, 6) is -0.230. The average molecular weight is 507 g/mol. The molecule has 1 saturated carbocycles. The fraction of sp³-hybridized carbons (Fsp3) is 0.321. The van der Waals surface area contributed by atoms with Crippen LogP contribution in [-0.4, -0.2) is 55.4 Å². The molecule has 4 rings (SSSR count). The van der Waals surface area contributed by atoms with Crippen molar-refractivity contribution in [3.05, 3.63) is 77.6 Å². The van der Waals surface area contributed by atoms with Crippen molar-refractivity contribution in [2.24, 2.45) is 0 Å². The van der Waals surface area contributed by atoms with E-state index >= 15 is 0 Å². The number of hydrogen-bond donors (Lipinski definition) is 2. The monoisotopic (exact) mass is 506 g/mol. The summed E-state index contributed by atoms with van der Waals surface area (Å²) in [6.45, 7) is 1.52. The van der Waals surface area contributed by atoms with Gasteiger partial charge in [0.1, 0.15) is 23.6 Å². The molecule has 2 atom stereocenters. The topological polar surface area (TPSA) is 116 Å². The van der Waals surface area contributed by atoms with Gasteiger partial charge in [0.2, 0.25) is 0 Å². The Balaban J connectivity index is 1.58. The number of methoxy groups -OCH3 is 3. The molecule has 2 N–H and O–H groups in total. The van der Waals surface area contributed by atoms with E-state index in [1.807, 2.05) is 48.5 Å². The van der Waals surface area contributed by atoms with Crippen LogP contribution in [0, 0.1) is 0 Å². The van der Waals surface area contributed by atoms with Crippen LogP contribution in [0.15, 0.2) is 60.8 Å². The molecule has 9 heteroatoms. The Labute approximate surface area is 215 Å². The molecule has 1 heterocycles. The molecule has 37 heavy (non-hydrogen) atoms. The van der Waals surface area contributed by atoms with Crippen molar-refractivity contribution in [1.29, 1.82) is 0 Å². The summed E-state index contributed by atoms with van der Waals surface area (Å²) < 4.78 is 21.9.